The molecule has 0 aliphatic rings. The van der Waals surface area contributed by atoms with E-state index < -0.39 is 5.56 Å². The fraction of sp³-hybridized carbons (Fsp3) is 0.222. The van der Waals surface area contributed by atoms with Gasteiger partial charge in [0, 0.05) is 6.07 Å². The van der Waals surface area contributed by atoms with Gasteiger partial charge >= 0.3 is 0 Å². The maximum atomic E-state index is 11.1. The molecule has 0 unspecified atom stereocenters. The summed E-state index contributed by atoms with van der Waals surface area (Å²) in [6.45, 7) is 2.22. The van der Waals surface area contributed by atoms with Gasteiger partial charge in [-0.3, -0.25) is 4.79 Å². The molecule has 2 N–H and O–H groups in total. The highest BCUT2D eigenvalue weighted by Gasteiger charge is 2.06. The van der Waals surface area contributed by atoms with E-state index in [1.54, 1.807) is 6.07 Å². The Morgan fingerprint density at radius 3 is 3.12 bits per heavy atom. The van der Waals surface area contributed by atoms with E-state index in [-0.39, 0.29) is 5.02 Å². The van der Waals surface area contributed by atoms with Crippen LogP contribution in [0.25, 0.3) is 0 Å². The second-order valence-corrected chi connectivity index (χ2v) is 3.59. The van der Waals surface area contributed by atoms with Crippen LogP contribution in [0.5, 0.6) is 0 Å². The normalized spacial score (nSPS) is 10.4. The molecule has 0 saturated heterocycles. The van der Waals surface area contributed by atoms with Crippen LogP contribution in [0.4, 0.5) is 5.69 Å². The van der Waals surface area contributed by atoms with E-state index in [4.69, 9.17) is 16.1 Å². The van der Waals surface area contributed by atoms with Crippen LogP contribution in [0.15, 0.2) is 21.6 Å². The van der Waals surface area contributed by atoms with Gasteiger partial charge in [-0.25, -0.2) is 5.10 Å². The first-order valence-corrected chi connectivity index (χ1v) is 4.94. The van der Waals surface area contributed by atoms with Gasteiger partial charge in [-0.15, -0.1) is 0 Å². The average Bonchev–Trinajstić information content (AvgIpc) is 2.67. The molecule has 0 aliphatic heterocycles. The monoisotopic (exact) mass is 240 g/mol. The Morgan fingerprint density at radius 2 is 2.44 bits per heavy atom. The van der Waals surface area contributed by atoms with Crippen molar-refractivity contribution in [3.63, 3.8) is 0 Å². The number of aromatic nitrogens is 3. The Labute approximate surface area is 95.6 Å². The molecule has 7 heteroatoms. The highest BCUT2D eigenvalue weighted by Crippen LogP contribution is 2.15. The van der Waals surface area contributed by atoms with Crippen molar-refractivity contribution < 1.29 is 4.52 Å². The maximum Gasteiger partial charge on any atom is 0.285 e. The van der Waals surface area contributed by atoms with Crippen molar-refractivity contribution in [1.82, 2.24) is 15.4 Å². The Bertz CT molecular complexity index is 548. The molecular weight excluding hydrogens is 232 g/mol. The minimum absolute atomic E-state index is 0.0752. The number of aryl methyl sites for hydroxylation is 1. The molecule has 0 bridgehead atoms. The minimum atomic E-state index is -0.430. The number of aromatic amines is 1. The number of anilines is 1. The number of nitrogens with one attached hydrogen (secondary N) is 2. The van der Waals surface area contributed by atoms with Gasteiger partial charge < -0.3 is 9.84 Å². The number of H-pyrrole nitrogens is 1. The summed E-state index contributed by atoms with van der Waals surface area (Å²) in [5.41, 5.74) is 0.826. The number of hydrogen-bond donors (Lipinski definition) is 2. The lowest BCUT2D eigenvalue weighted by Gasteiger charge is -2.03. The number of halogens is 1. The number of rotatable bonds is 3. The van der Waals surface area contributed by atoms with Gasteiger partial charge in [-0.1, -0.05) is 16.8 Å². The van der Waals surface area contributed by atoms with Crippen LogP contribution < -0.4 is 10.9 Å². The Balaban J connectivity index is 2.10. The number of nitrogens with zero attached hydrogens (tertiary/aromatic N) is 2. The maximum absolute atomic E-state index is 11.1. The summed E-state index contributed by atoms with van der Waals surface area (Å²) in [7, 11) is 0. The van der Waals surface area contributed by atoms with Crippen molar-refractivity contribution in [3.05, 3.63) is 39.1 Å². The van der Waals surface area contributed by atoms with Crippen LogP contribution in [-0.2, 0) is 6.54 Å². The SMILES string of the molecule is Cc1cc(CNc2cn[nH]c(=O)c2Cl)on1. The van der Waals surface area contributed by atoms with Crippen molar-refractivity contribution in [2.24, 2.45) is 0 Å². The molecule has 2 aromatic rings. The molecule has 2 aromatic heterocycles. The van der Waals surface area contributed by atoms with Crippen molar-refractivity contribution in [1.29, 1.82) is 0 Å². The molecular formula is C9H9ClN4O2. The third-order valence-corrected chi connectivity index (χ3v) is 2.30. The van der Waals surface area contributed by atoms with Crippen LogP contribution in [-0.4, -0.2) is 15.4 Å². The van der Waals surface area contributed by atoms with Crippen molar-refractivity contribution >= 4 is 17.3 Å². The lowest BCUT2D eigenvalue weighted by molar-refractivity contribution is 0.384. The van der Waals surface area contributed by atoms with Gasteiger partial charge in [-0.05, 0) is 6.92 Å². The van der Waals surface area contributed by atoms with Crippen LogP contribution >= 0.6 is 11.6 Å². The summed E-state index contributed by atoms with van der Waals surface area (Å²) in [5.74, 6) is 0.661. The first kappa shape index (κ1) is 10.7. The van der Waals surface area contributed by atoms with Crippen molar-refractivity contribution in [2.45, 2.75) is 13.5 Å². The van der Waals surface area contributed by atoms with Crippen molar-refractivity contribution in [3.8, 4) is 0 Å². The molecule has 0 spiro atoms. The molecule has 0 atom stereocenters. The second kappa shape index (κ2) is 4.36. The van der Waals surface area contributed by atoms with Gasteiger partial charge in [-0.2, -0.15) is 5.10 Å². The lowest BCUT2D eigenvalue weighted by atomic mass is 10.3. The molecule has 0 radical (unpaired) electrons. The molecule has 2 heterocycles. The van der Waals surface area contributed by atoms with Crippen LogP contribution in [0.3, 0.4) is 0 Å². The molecule has 0 amide bonds. The Morgan fingerprint density at radius 1 is 1.62 bits per heavy atom. The van der Waals surface area contributed by atoms with E-state index in [2.05, 4.69) is 20.7 Å². The largest absolute Gasteiger partial charge is 0.375 e. The smallest absolute Gasteiger partial charge is 0.285 e. The summed E-state index contributed by atoms with van der Waals surface area (Å²) in [4.78, 5) is 11.1. The van der Waals surface area contributed by atoms with Gasteiger partial charge in [0.25, 0.3) is 5.56 Å². The Kier molecular flexibility index (Phi) is 2.91. The molecule has 0 fully saturated rings. The predicted molar refractivity (Wildman–Crippen MR) is 58.4 cm³/mol. The van der Waals surface area contributed by atoms with E-state index in [9.17, 15) is 4.79 Å². The molecule has 84 valence electrons. The topological polar surface area (TPSA) is 83.8 Å². The predicted octanol–water partition coefficient (Wildman–Crippen LogP) is 1.33. The fourth-order valence-electron chi connectivity index (χ4n) is 1.19. The Hall–Kier alpha value is -1.82. The van der Waals surface area contributed by atoms with Crippen LogP contribution in [0.1, 0.15) is 11.5 Å². The molecule has 0 aliphatic carbocycles. The standard InChI is InChI=1S/C9H9ClN4O2/c1-5-2-6(16-14-5)3-11-7-4-12-13-9(15)8(7)10/h2,4H,3H2,1H3,(H2,11,13,15). The zero-order valence-electron chi connectivity index (χ0n) is 8.45. The minimum Gasteiger partial charge on any atom is -0.375 e. The molecule has 2 rings (SSSR count). The van der Waals surface area contributed by atoms with E-state index >= 15 is 0 Å². The van der Waals surface area contributed by atoms with E-state index in [0.29, 0.717) is 18.0 Å². The average molecular weight is 241 g/mol. The number of hydrogen-bond acceptors (Lipinski definition) is 5. The van der Waals surface area contributed by atoms with Gasteiger partial charge in [0.1, 0.15) is 5.02 Å². The lowest BCUT2D eigenvalue weighted by Crippen LogP contribution is -2.11. The van der Waals surface area contributed by atoms with Crippen LogP contribution in [0.2, 0.25) is 5.02 Å². The van der Waals surface area contributed by atoms with Crippen molar-refractivity contribution in [2.75, 3.05) is 5.32 Å². The summed E-state index contributed by atoms with van der Waals surface area (Å²) in [6.07, 6.45) is 1.44. The first-order chi connectivity index (χ1) is 7.66. The van der Waals surface area contributed by atoms with Gasteiger partial charge in [0.15, 0.2) is 5.76 Å². The second-order valence-electron chi connectivity index (χ2n) is 3.21. The van der Waals surface area contributed by atoms with Crippen LogP contribution in [0, 0.1) is 6.92 Å². The molecule has 16 heavy (non-hydrogen) atoms. The molecule has 0 saturated carbocycles. The zero-order valence-corrected chi connectivity index (χ0v) is 9.21. The summed E-state index contributed by atoms with van der Waals surface area (Å²) < 4.78 is 4.99. The van der Waals surface area contributed by atoms with E-state index in [0.717, 1.165) is 5.69 Å². The quantitative estimate of drug-likeness (QED) is 0.846. The molecule has 6 nitrogen and oxygen atoms in total. The third-order valence-electron chi connectivity index (χ3n) is 1.93. The highest BCUT2D eigenvalue weighted by atomic mass is 35.5. The summed E-state index contributed by atoms with van der Waals surface area (Å²) >= 11 is 5.77. The van der Waals surface area contributed by atoms with E-state index in [1.807, 2.05) is 6.92 Å². The highest BCUT2D eigenvalue weighted by molar-refractivity contribution is 6.32. The third kappa shape index (κ3) is 2.22. The summed E-state index contributed by atoms with van der Waals surface area (Å²) in [5, 5.41) is 12.6. The zero-order chi connectivity index (χ0) is 11.5. The first-order valence-electron chi connectivity index (χ1n) is 4.56. The summed E-state index contributed by atoms with van der Waals surface area (Å²) in [6, 6.07) is 1.79. The van der Waals surface area contributed by atoms with Gasteiger partial charge in [0.2, 0.25) is 0 Å². The van der Waals surface area contributed by atoms with Gasteiger partial charge in [0.05, 0.1) is 24.1 Å². The van der Waals surface area contributed by atoms with E-state index in [1.165, 1.54) is 6.20 Å². The molecule has 0 aromatic carbocycles. The fourth-order valence-corrected chi connectivity index (χ4v) is 1.35.